The summed E-state index contributed by atoms with van der Waals surface area (Å²) in [5.74, 6) is -0.726. The monoisotopic (exact) mass is 258 g/mol. The van der Waals surface area contributed by atoms with Crippen molar-refractivity contribution < 1.29 is 19.8 Å². The first-order valence-corrected chi connectivity index (χ1v) is 6.47. The summed E-state index contributed by atoms with van der Waals surface area (Å²) in [7, 11) is 0. The van der Waals surface area contributed by atoms with Gasteiger partial charge in [-0.15, -0.1) is 0 Å². The van der Waals surface area contributed by atoms with Gasteiger partial charge < -0.3 is 20.4 Å². The summed E-state index contributed by atoms with van der Waals surface area (Å²) in [4.78, 5) is 24.4. The van der Waals surface area contributed by atoms with Crippen LogP contribution in [0.3, 0.4) is 0 Å². The number of carbonyl (C=O) groups is 2. The molecule has 1 aliphatic heterocycles. The van der Waals surface area contributed by atoms with E-state index in [9.17, 15) is 9.59 Å². The molecule has 1 heterocycles. The Labute approximate surface area is 107 Å². The summed E-state index contributed by atoms with van der Waals surface area (Å²) < 4.78 is 0. The van der Waals surface area contributed by atoms with Gasteiger partial charge in [0.25, 0.3) is 0 Å². The molecule has 0 bridgehead atoms. The Bertz CT molecular complexity index is 288. The van der Waals surface area contributed by atoms with E-state index in [0.717, 1.165) is 12.8 Å². The predicted octanol–water partition coefficient (Wildman–Crippen LogP) is 0.654. The summed E-state index contributed by atoms with van der Waals surface area (Å²) >= 11 is 0. The Morgan fingerprint density at radius 1 is 1.39 bits per heavy atom. The molecule has 1 unspecified atom stereocenters. The molecule has 1 saturated heterocycles. The largest absolute Gasteiger partial charge is 0.480 e. The third-order valence-electron chi connectivity index (χ3n) is 3.33. The summed E-state index contributed by atoms with van der Waals surface area (Å²) in [5.41, 5.74) is 0. The second-order valence-corrected chi connectivity index (χ2v) is 4.74. The first kappa shape index (κ1) is 14.8. The van der Waals surface area contributed by atoms with E-state index >= 15 is 0 Å². The van der Waals surface area contributed by atoms with E-state index in [1.165, 1.54) is 0 Å². The number of aliphatic carboxylic acids is 1. The van der Waals surface area contributed by atoms with Gasteiger partial charge in [0.15, 0.2) is 0 Å². The van der Waals surface area contributed by atoms with Crippen LogP contribution >= 0.6 is 0 Å². The van der Waals surface area contributed by atoms with Crippen molar-refractivity contribution in [3.63, 3.8) is 0 Å². The number of carboxylic acids is 1. The quantitative estimate of drug-likeness (QED) is 0.675. The molecular formula is C12H22N2O4. The third-order valence-corrected chi connectivity index (χ3v) is 3.33. The molecule has 104 valence electrons. The molecule has 0 aliphatic carbocycles. The minimum absolute atomic E-state index is 0.156. The molecule has 0 aromatic carbocycles. The van der Waals surface area contributed by atoms with Crippen LogP contribution in [0.1, 0.15) is 32.6 Å². The first-order chi connectivity index (χ1) is 8.58. The fraction of sp³-hybridized carbons (Fsp3) is 0.833. The van der Waals surface area contributed by atoms with Crippen LogP contribution in [0.5, 0.6) is 0 Å². The van der Waals surface area contributed by atoms with Crippen molar-refractivity contribution in [2.24, 2.45) is 5.92 Å². The molecule has 0 aromatic rings. The van der Waals surface area contributed by atoms with Gasteiger partial charge in [0.05, 0.1) is 0 Å². The van der Waals surface area contributed by atoms with Crippen LogP contribution in [-0.2, 0) is 4.79 Å². The number of hydrogen-bond acceptors (Lipinski definition) is 3. The number of hydrogen-bond donors (Lipinski definition) is 3. The maximum Gasteiger partial charge on any atom is 0.326 e. The van der Waals surface area contributed by atoms with Gasteiger partial charge in [0, 0.05) is 19.7 Å². The molecule has 3 N–H and O–H groups in total. The topological polar surface area (TPSA) is 89.9 Å². The lowest BCUT2D eigenvalue weighted by Gasteiger charge is -2.32. The molecule has 0 radical (unpaired) electrons. The third kappa shape index (κ3) is 4.18. The Hall–Kier alpha value is -1.30. The highest BCUT2D eigenvalue weighted by Crippen LogP contribution is 2.16. The van der Waals surface area contributed by atoms with Crippen LogP contribution in [-0.4, -0.2) is 52.9 Å². The van der Waals surface area contributed by atoms with Gasteiger partial charge in [0.2, 0.25) is 0 Å². The minimum atomic E-state index is -0.990. The van der Waals surface area contributed by atoms with Crippen molar-refractivity contribution in [2.75, 3.05) is 19.7 Å². The fourth-order valence-electron chi connectivity index (χ4n) is 2.11. The van der Waals surface area contributed by atoms with Crippen LogP contribution < -0.4 is 5.32 Å². The van der Waals surface area contributed by atoms with E-state index in [0.29, 0.717) is 25.9 Å². The van der Waals surface area contributed by atoms with Crippen LogP contribution in [0, 0.1) is 5.92 Å². The SMILES string of the molecule is CCCC(NC(=O)N1CCC(CO)CC1)C(=O)O. The lowest BCUT2D eigenvalue weighted by Crippen LogP contribution is -2.50. The van der Waals surface area contributed by atoms with Crippen LogP contribution in [0.15, 0.2) is 0 Å². The van der Waals surface area contributed by atoms with Crippen molar-refractivity contribution >= 4 is 12.0 Å². The molecule has 0 aromatic heterocycles. The van der Waals surface area contributed by atoms with Gasteiger partial charge >= 0.3 is 12.0 Å². The highest BCUT2D eigenvalue weighted by Gasteiger charge is 2.25. The summed E-state index contributed by atoms with van der Waals surface area (Å²) in [6.07, 6.45) is 2.70. The van der Waals surface area contributed by atoms with E-state index < -0.39 is 12.0 Å². The van der Waals surface area contributed by atoms with Gasteiger partial charge in [0.1, 0.15) is 6.04 Å². The van der Waals surface area contributed by atoms with Crippen molar-refractivity contribution in [1.82, 2.24) is 10.2 Å². The molecule has 6 heteroatoms. The van der Waals surface area contributed by atoms with Crippen LogP contribution in [0.4, 0.5) is 4.79 Å². The zero-order valence-electron chi connectivity index (χ0n) is 10.8. The molecule has 6 nitrogen and oxygen atoms in total. The van der Waals surface area contributed by atoms with Crippen LogP contribution in [0.25, 0.3) is 0 Å². The van der Waals surface area contributed by atoms with E-state index in [4.69, 9.17) is 10.2 Å². The Kier molecular flexibility index (Phi) is 5.91. The number of carboxylic acid groups (broad SMARTS) is 1. The lowest BCUT2D eigenvalue weighted by molar-refractivity contribution is -0.139. The van der Waals surface area contributed by atoms with Gasteiger partial charge in [-0.05, 0) is 25.2 Å². The number of nitrogens with zero attached hydrogens (tertiary/aromatic N) is 1. The number of rotatable bonds is 5. The molecule has 1 rings (SSSR count). The van der Waals surface area contributed by atoms with Crippen molar-refractivity contribution in [3.8, 4) is 0 Å². The standard InChI is InChI=1S/C12H22N2O4/c1-2-3-10(11(16)17)13-12(18)14-6-4-9(8-15)5-7-14/h9-10,15H,2-8H2,1H3,(H,13,18)(H,16,17). The number of likely N-dealkylation sites (tertiary alicyclic amines) is 1. The second kappa shape index (κ2) is 7.20. The van der Waals surface area contributed by atoms with E-state index in [-0.39, 0.29) is 18.6 Å². The molecule has 18 heavy (non-hydrogen) atoms. The highest BCUT2D eigenvalue weighted by atomic mass is 16.4. The van der Waals surface area contributed by atoms with Crippen LogP contribution in [0.2, 0.25) is 0 Å². The number of nitrogens with one attached hydrogen (secondary N) is 1. The fourth-order valence-corrected chi connectivity index (χ4v) is 2.11. The first-order valence-electron chi connectivity index (χ1n) is 6.47. The average molecular weight is 258 g/mol. The summed E-state index contributed by atoms with van der Waals surface area (Å²) in [5, 5.41) is 20.5. The van der Waals surface area contributed by atoms with Gasteiger partial charge in [-0.2, -0.15) is 0 Å². The number of piperidine rings is 1. The summed E-state index contributed by atoms with van der Waals surface area (Å²) in [6.45, 7) is 3.20. The average Bonchev–Trinajstić information content (AvgIpc) is 2.38. The second-order valence-electron chi connectivity index (χ2n) is 4.74. The molecule has 0 spiro atoms. The number of urea groups is 1. The Morgan fingerprint density at radius 2 is 2.00 bits per heavy atom. The number of carbonyl (C=O) groups excluding carboxylic acids is 1. The van der Waals surface area contributed by atoms with E-state index in [1.807, 2.05) is 6.92 Å². The smallest absolute Gasteiger partial charge is 0.326 e. The molecule has 1 aliphatic rings. The molecule has 2 amide bonds. The number of amides is 2. The Balaban J connectivity index is 2.42. The van der Waals surface area contributed by atoms with Crippen molar-refractivity contribution in [1.29, 1.82) is 0 Å². The molecule has 1 fully saturated rings. The number of aliphatic hydroxyl groups is 1. The van der Waals surface area contributed by atoms with E-state index in [2.05, 4.69) is 5.32 Å². The van der Waals surface area contributed by atoms with Gasteiger partial charge in [-0.3, -0.25) is 0 Å². The maximum absolute atomic E-state index is 11.9. The normalized spacial score (nSPS) is 18.4. The zero-order valence-corrected chi connectivity index (χ0v) is 10.8. The summed E-state index contributed by atoms with van der Waals surface area (Å²) in [6, 6.07) is -1.12. The minimum Gasteiger partial charge on any atom is -0.480 e. The lowest BCUT2D eigenvalue weighted by atomic mass is 9.98. The maximum atomic E-state index is 11.9. The van der Waals surface area contributed by atoms with Gasteiger partial charge in [-0.25, -0.2) is 9.59 Å². The van der Waals surface area contributed by atoms with Crippen molar-refractivity contribution in [3.05, 3.63) is 0 Å². The molecule has 0 saturated carbocycles. The van der Waals surface area contributed by atoms with E-state index in [1.54, 1.807) is 4.90 Å². The Morgan fingerprint density at radius 3 is 2.44 bits per heavy atom. The molecular weight excluding hydrogens is 236 g/mol. The molecule has 1 atom stereocenters. The van der Waals surface area contributed by atoms with Gasteiger partial charge in [-0.1, -0.05) is 13.3 Å². The highest BCUT2D eigenvalue weighted by molar-refractivity contribution is 5.82. The van der Waals surface area contributed by atoms with Crippen molar-refractivity contribution in [2.45, 2.75) is 38.6 Å². The number of aliphatic hydroxyl groups excluding tert-OH is 1. The zero-order chi connectivity index (χ0) is 13.5. The predicted molar refractivity (Wildman–Crippen MR) is 66.2 cm³/mol.